The maximum atomic E-state index is 13.1. The van der Waals surface area contributed by atoms with Gasteiger partial charge in [-0.3, -0.25) is 4.79 Å². The van der Waals surface area contributed by atoms with Crippen molar-refractivity contribution in [3.63, 3.8) is 0 Å². The second-order valence-electron chi connectivity index (χ2n) is 24.6. The van der Waals surface area contributed by atoms with Gasteiger partial charge in [0.1, 0.15) is 24.4 Å². The molecule has 7 atom stereocenters. The van der Waals surface area contributed by atoms with E-state index in [9.17, 15) is 30.3 Å². The standard InChI is InChI=1S/C78H135NO8/c1-3-5-7-9-11-13-15-17-19-21-23-25-27-28-29-30-31-32-33-34-35-36-37-38-39-40-41-42-43-44-46-48-50-52-54-56-58-60-62-64-66-68-74(82)79-71(70-86-78-77(85)76(84)75(83)73(69-80)87-78)72(81)67-65-63-61-59-57-55-53-51-49-47-45-26-24-22-20-18-16-14-12-10-8-6-4-2/h5,7,11,13,17,19,23,25,28-29,31-32,34-35,49,51,57,59,65,67,71-73,75-78,80-81,83-85H,3-4,6,8-10,12,14-16,18,20-22,24,26-27,30,33,36-48,50,52-56,58,60-64,66,68-70H2,1-2H3,(H,79,82)/b7-5-,13-11-,19-17-,25-23-,29-28-,32-31-,35-34-,51-49+,59-57+,67-65+. The highest BCUT2D eigenvalue weighted by atomic mass is 16.7. The number of rotatable bonds is 62. The Bertz CT molecular complexity index is 1790. The molecular formula is C78H135NO8. The molecule has 0 radical (unpaired) electrons. The van der Waals surface area contributed by atoms with Gasteiger partial charge in [0.25, 0.3) is 0 Å². The minimum Gasteiger partial charge on any atom is -0.394 e. The summed E-state index contributed by atoms with van der Waals surface area (Å²) in [7, 11) is 0. The van der Waals surface area contributed by atoms with Crippen molar-refractivity contribution >= 4 is 5.91 Å². The summed E-state index contributed by atoms with van der Waals surface area (Å²) in [6, 6.07) is -0.835. The first-order valence-corrected chi connectivity index (χ1v) is 36.3. The quantitative estimate of drug-likeness (QED) is 0.0261. The van der Waals surface area contributed by atoms with Crippen molar-refractivity contribution in [2.75, 3.05) is 13.2 Å². The summed E-state index contributed by atoms with van der Waals surface area (Å²) >= 11 is 0. The van der Waals surface area contributed by atoms with E-state index in [0.29, 0.717) is 6.42 Å². The summed E-state index contributed by atoms with van der Waals surface area (Å²) in [6.45, 7) is 3.67. The Kier molecular flexibility index (Phi) is 61.5. The van der Waals surface area contributed by atoms with Crippen LogP contribution in [0.15, 0.2) is 122 Å². The van der Waals surface area contributed by atoms with Gasteiger partial charge < -0.3 is 40.3 Å². The molecule has 0 aromatic carbocycles. The number of hydrogen-bond acceptors (Lipinski definition) is 8. The number of allylic oxidation sites excluding steroid dienone is 19. The lowest BCUT2D eigenvalue weighted by Gasteiger charge is -2.40. The highest BCUT2D eigenvalue weighted by molar-refractivity contribution is 5.76. The number of carbonyl (C=O) groups excluding carboxylic acids is 1. The molecule has 0 bridgehead atoms. The average Bonchev–Trinajstić information content (AvgIpc) is 3.47. The molecule has 0 saturated carbocycles. The van der Waals surface area contributed by atoms with Crippen molar-refractivity contribution < 1.29 is 39.8 Å². The summed E-state index contributed by atoms with van der Waals surface area (Å²) < 4.78 is 11.3. The van der Waals surface area contributed by atoms with Crippen LogP contribution in [0, 0.1) is 0 Å². The first kappa shape index (κ1) is 81.6. The van der Waals surface area contributed by atoms with Gasteiger partial charge in [-0.15, -0.1) is 0 Å². The van der Waals surface area contributed by atoms with Crippen molar-refractivity contribution in [1.29, 1.82) is 0 Å². The van der Waals surface area contributed by atoms with E-state index >= 15 is 0 Å². The molecule has 0 aromatic heterocycles. The summed E-state index contributed by atoms with van der Waals surface area (Å²) in [6.07, 6.45) is 91.7. The van der Waals surface area contributed by atoms with Crippen molar-refractivity contribution in [3.8, 4) is 0 Å². The van der Waals surface area contributed by atoms with Gasteiger partial charge in [0.05, 0.1) is 25.4 Å². The summed E-state index contributed by atoms with van der Waals surface area (Å²) in [5, 5.41) is 54.7. The van der Waals surface area contributed by atoms with Crippen molar-refractivity contribution in [2.45, 2.75) is 352 Å². The number of ether oxygens (including phenoxy) is 2. The van der Waals surface area contributed by atoms with Gasteiger partial charge in [0, 0.05) is 6.42 Å². The zero-order chi connectivity index (χ0) is 62.8. The summed E-state index contributed by atoms with van der Waals surface area (Å²) in [4.78, 5) is 13.1. The number of carbonyl (C=O) groups is 1. The molecule has 87 heavy (non-hydrogen) atoms. The van der Waals surface area contributed by atoms with Crippen molar-refractivity contribution in [3.05, 3.63) is 122 Å². The van der Waals surface area contributed by atoms with Crippen LogP contribution in [-0.4, -0.2) is 87.5 Å². The highest BCUT2D eigenvalue weighted by Gasteiger charge is 2.44. The van der Waals surface area contributed by atoms with Gasteiger partial charge in [-0.05, 0) is 103 Å². The molecule has 500 valence electrons. The molecule has 9 nitrogen and oxygen atoms in total. The number of unbranched alkanes of at least 4 members (excludes halogenated alkanes) is 34. The Balaban J connectivity index is 2.11. The third kappa shape index (κ3) is 54.1. The predicted octanol–water partition coefficient (Wildman–Crippen LogP) is 20.2. The number of amides is 1. The van der Waals surface area contributed by atoms with Crippen LogP contribution in [0.5, 0.6) is 0 Å². The third-order valence-corrected chi connectivity index (χ3v) is 16.5. The van der Waals surface area contributed by atoms with Crippen LogP contribution in [0.3, 0.4) is 0 Å². The zero-order valence-electron chi connectivity index (χ0n) is 56.0. The molecule has 0 spiro atoms. The normalized spacial score (nSPS) is 18.7. The molecule has 1 aliphatic heterocycles. The lowest BCUT2D eigenvalue weighted by molar-refractivity contribution is -0.302. The molecule has 6 N–H and O–H groups in total. The first-order chi connectivity index (χ1) is 42.8. The number of aliphatic hydroxyl groups is 5. The van der Waals surface area contributed by atoms with Gasteiger partial charge in [-0.25, -0.2) is 0 Å². The van der Waals surface area contributed by atoms with E-state index in [0.717, 1.165) is 89.9 Å². The molecular weight excluding hydrogens is 1080 g/mol. The lowest BCUT2D eigenvalue weighted by atomic mass is 9.99. The van der Waals surface area contributed by atoms with Gasteiger partial charge in [-0.2, -0.15) is 0 Å². The molecule has 1 heterocycles. The second-order valence-corrected chi connectivity index (χ2v) is 24.6. The highest BCUT2D eigenvalue weighted by Crippen LogP contribution is 2.23. The van der Waals surface area contributed by atoms with E-state index in [2.05, 4.69) is 129 Å². The van der Waals surface area contributed by atoms with E-state index < -0.39 is 49.5 Å². The minimum absolute atomic E-state index is 0.190. The average molecular weight is 1210 g/mol. The minimum atomic E-state index is -1.58. The maximum absolute atomic E-state index is 13.1. The van der Waals surface area contributed by atoms with Gasteiger partial charge in [0.2, 0.25) is 5.91 Å². The maximum Gasteiger partial charge on any atom is 0.220 e. The fraction of sp³-hybridized carbons (Fsp3) is 0.731. The molecule has 1 fully saturated rings. The van der Waals surface area contributed by atoms with Crippen LogP contribution in [0.4, 0.5) is 0 Å². The van der Waals surface area contributed by atoms with Crippen LogP contribution < -0.4 is 5.32 Å². The molecule has 1 saturated heterocycles. The molecule has 0 aromatic rings. The lowest BCUT2D eigenvalue weighted by Crippen LogP contribution is -2.60. The van der Waals surface area contributed by atoms with Crippen molar-refractivity contribution in [2.24, 2.45) is 0 Å². The smallest absolute Gasteiger partial charge is 0.220 e. The Morgan fingerprint density at radius 3 is 1.10 bits per heavy atom. The molecule has 1 rings (SSSR count). The van der Waals surface area contributed by atoms with Crippen LogP contribution in [0.2, 0.25) is 0 Å². The topological polar surface area (TPSA) is 149 Å². The van der Waals surface area contributed by atoms with Gasteiger partial charge in [-0.1, -0.05) is 322 Å². The molecule has 7 unspecified atom stereocenters. The SMILES string of the molecule is CC/C=C\C/C=C\C/C=C\C/C=C\C/C=C\C/C=C\C/C=C\CCCCCCCCCCCCCCCCCCCCCC(=O)NC(COC1OC(CO)C(O)C(O)C1O)C(O)/C=C/CC/C=C/CC/C=C/CCCCCCCCCCCCCCC. The molecule has 9 heteroatoms. The second kappa shape index (κ2) is 65.5. The van der Waals surface area contributed by atoms with Crippen LogP contribution >= 0.6 is 0 Å². The molecule has 1 amide bonds. The predicted molar refractivity (Wildman–Crippen MR) is 373 cm³/mol. The third-order valence-electron chi connectivity index (χ3n) is 16.5. The summed E-state index contributed by atoms with van der Waals surface area (Å²) in [5.41, 5.74) is 0. The van der Waals surface area contributed by atoms with Crippen LogP contribution in [0.1, 0.15) is 309 Å². The zero-order valence-corrected chi connectivity index (χ0v) is 56.0. The monoisotopic (exact) mass is 1210 g/mol. The fourth-order valence-electron chi connectivity index (χ4n) is 10.9. The Labute approximate surface area is 535 Å². The Morgan fingerprint density at radius 1 is 0.402 bits per heavy atom. The van der Waals surface area contributed by atoms with Crippen LogP contribution in [-0.2, 0) is 14.3 Å². The fourth-order valence-corrected chi connectivity index (χ4v) is 10.9. The Hall–Kier alpha value is -3.41. The van der Waals surface area contributed by atoms with E-state index in [1.807, 2.05) is 6.08 Å². The summed E-state index contributed by atoms with van der Waals surface area (Å²) in [5.74, 6) is -0.190. The van der Waals surface area contributed by atoms with E-state index in [4.69, 9.17) is 9.47 Å². The first-order valence-electron chi connectivity index (χ1n) is 36.3. The van der Waals surface area contributed by atoms with E-state index in [1.165, 1.54) is 199 Å². The number of hydrogen-bond donors (Lipinski definition) is 6. The van der Waals surface area contributed by atoms with Crippen molar-refractivity contribution in [1.82, 2.24) is 5.32 Å². The molecule has 1 aliphatic rings. The van der Waals surface area contributed by atoms with E-state index in [1.54, 1.807) is 6.08 Å². The number of nitrogens with one attached hydrogen (secondary N) is 1. The largest absolute Gasteiger partial charge is 0.394 e. The van der Waals surface area contributed by atoms with Gasteiger partial charge >= 0.3 is 0 Å². The number of aliphatic hydroxyl groups excluding tert-OH is 5. The van der Waals surface area contributed by atoms with Crippen LogP contribution in [0.25, 0.3) is 0 Å². The van der Waals surface area contributed by atoms with E-state index in [-0.39, 0.29) is 12.5 Å². The van der Waals surface area contributed by atoms with Gasteiger partial charge in [0.15, 0.2) is 6.29 Å². The Morgan fingerprint density at radius 2 is 0.724 bits per heavy atom. The molecule has 0 aliphatic carbocycles.